The number of allylic oxidation sites excluding steroid dienone is 2. The summed E-state index contributed by atoms with van der Waals surface area (Å²) in [6.45, 7) is 11.3. The lowest BCUT2D eigenvalue weighted by Crippen LogP contribution is -2.23. The molecule has 13 heavy (non-hydrogen) atoms. The van der Waals surface area contributed by atoms with Crippen LogP contribution in [0.4, 0.5) is 0 Å². The summed E-state index contributed by atoms with van der Waals surface area (Å²) in [5, 5.41) is 3.39. The lowest BCUT2D eigenvalue weighted by Gasteiger charge is -2.05. The molecule has 0 aliphatic carbocycles. The molecule has 0 aromatic rings. The molecule has 0 rings (SSSR count). The van der Waals surface area contributed by atoms with Crippen molar-refractivity contribution in [3.8, 4) is 0 Å². The first-order valence-electron chi connectivity index (χ1n) is 5.16. The Morgan fingerprint density at radius 1 is 1.38 bits per heavy atom. The highest BCUT2D eigenvalue weighted by atomic mass is 14.9. The van der Waals surface area contributed by atoms with Crippen LogP contribution in [0.25, 0.3) is 0 Å². The van der Waals surface area contributed by atoms with Gasteiger partial charge in [0.2, 0.25) is 0 Å². The quantitative estimate of drug-likeness (QED) is 0.469. The maximum absolute atomic E-state index is 3.71. The van der Waals surface area contributed by atoms with Crippen LogP contribution in [0.5, 0.6) is 0 Å². The molecule has 1 N–H and O–H groups in total. The molecule has 0 unspecified atom stereocenters. The van der Waals surface area contributed by atoms with Crippen LogP contribution in [0, 0.1) is 0 Å². The summed E-state index contributed by atoms with van der Waals surface area (Å²) < 4.78 is 0. The van der Waals surface area contributed by atoms with Gasteiger partial charge in [0, 0.05) is 6.04 Å². The first-order valence-corrected chi connectivity index (χ1v) is 5.16. The minimum absolute atomic E-state index is 0.599. The van der Waals surface area contributed by atoms with Crippen molar-refractivity contribution in [3.63, 3.8) is 0 Å². The minimum Gasteiger partial charge on any atom is -0.314 e. The van der Waals surface area contributed by atoms with Crippen molar-refractivity contribution in [1.82, 2.24) is 5.32 Å². The van der Waals surface area contributed by atoms with Gasteiger partial charge < -0.3 is 5.32 Å². The van der Waals surface area contributed by atoms with E-state index in [0.29, 0.717) is 6.04 Å². The van der Waals surface area contributed by atoms with E-state index in [4.69, 9.17) is 0 Å². The van der Waals surface area contributed by atoms with Gasteiger partial charge in [0.15, 0.2) is 0 Å². The molecule has 0 aromatic heterocycles. The summed E-state index contributed by atoms with van der Waals surface area (Å²) in [6.07, 6.45) is 7.69. The smallest absolute Gasteiger partial charge is 0.00105 e. The van der Waals surface area contributed by atoms with E-state index >= 15 is 0 Å². The summed E-state index contributed by atoms with van der Waals surface area (Å²) in [5.74, 6) is 0. The standard InChI is InChI=1S/C12H23N/c1-5-6-8-12(4)9-7-10-13-11(2)3/h5,9,11,13H,1,6-8,10H2,2-4H3/b12-9-. The van der Waals surface area contributed by atoms with Crippen LogP contribution >= 0.6 is 0 Å². The van der Waals surface area contributed by atoms with E-state index in [-0.39, 0.29) is 0 Å². The molecule has 0 heterocycles. The summed E-state index contributed by atoms with van der Waals surface area (Å²) in [4.78, 5) is 0. The summed E-state index contributed by atoms with van der Waals surface area (Å²) in [6, 6.07) is 0.599. The van der Waals surface area contributed by atoms with Gasteiger partial charge in [0.1, 0.15) is 0 Å². The Morgan fingerprint density at radius 3 is 2.62 bits per heavy atom. The second-order valence-electron chi connectivity index (χ2n) is 3.78. The van der Waals surface area contributed by atoms with Crippen LogP contribution in [0.3, 0.4) is 0 Å². The van der Waals surface area contributed by atoms with E-state index in [1.807, 2.05) is 6.08 Å². The monoisotopic (exact) mass is 181 g/mol. The molecule has 1 heteroatoms. The van der Waals surface area contributed by atoms with Crippen molar-refractivity contribution in [2.75, 3.05) is 6.54 Å². The normalized spacial score (nSPS) is 12.2. The fourth-order valence-electron chi connectivity index (χ4n) is 1.12. The molecule has 0 saturated carbocycles. The van der Waals surface area contributed by atoms with E-state index in [0.717, 1.165) is 25.8 Å². The number of hydrogen-bond donors (Lipinski definition) is 1. The van der Waals surface area contributed by atoms with Gasteiger partial charge in [-0.3, -0.25) is 0 Å². The SMILES string of the molecule is C=CCC/C(C)=C\CCNC(C)C. The van der Waals surface area contributed by atoms with Gasteiger partial charge in [-0.1, -0.05) is 31.6 Å². The van der Waals surface area contributed by atoms with Gasteiger partial charge >= 0.3 is 0 Å². The molecular weight excluding hydrogens is 158 g/mol. The van der Waals surface area contributed by atoms with Gasteiger partial charge in [-0.25, -0.2) is 0 Å². The third-order valence-corrected chi connectivity index (χ3v) is 1.93. The van der Waals surface area contributed by atoms with E-state index in [2.05, 4.69) is 38.7 Å². The van der Waals surface area contributed by atoms with E-state index in [1.165, 1.54) is 5.57 Å². The highest BCUT2D eigenvalue weighted by molar-refractivity contribution is 4.99. The topological polar surface area (TPSA) is 12.0 Å². The molecule has 0 spiro atoms. The van der Waals surface area contributed by atoms with Gasteiger partial charge in [-0.2, -0.15) is 0 Å². The summed E-state index contributed by atoms with van der Waals surface area (Å²) in [7, 11) is 0. The van der Waals surface area contributed by atoms with Crippen LogP contribution in [-0.4, -0.2) is 12.6 Å². The van der Waals surface area contributed by atoms with Crippen LogP contribution in [0.1, 0.15) is 40.0 Å². The molecule has 0 amide bonds. The highest BCUT2D eigenvalue weighted by Crippen LogP contribution is 2.04. The Bertz CT molecular complexity index is 157. The fourth-order valence-corrected chi connectivity index (χ4v) is 1.12. The molecule has 0 fully saturated rings. The molecule has 0 aliphatic rings. The van der Waals surface area contributed by atoms with Gasteiger partial charge in [-0.05, 0) is 32.7 Å². The third-order valence-electron chi connectivity index (χ3n) is 1.93. The van der Waals surface area contributed by atoms with Crippen LogP contribution < -0.4 is 5.32 Å². The Labute approximate surface area is 82.9 Å². The second kappa shape index (κ2) is 8.06. The van der Waals surface area contributed by atoms with Crippen LogP contribution in [0.15, 0.2) is 24.3 Å². The van der Waals surface area contributed by atoms with E-state index in [1.54, 1.807) is 0 Å². The first-order chi connectivity index (χ1) is 6.16. The van der Waals surface area contributed by atoms with Crippen LogP contribution in [0.2, 0.25) is 0 Å². The largest absolute Gasteiger partial charge is 0.314 e. The number of hydrogen-bond acceptors (Lipinski definition) is 1. The number of rotatable bonds is 7. The fraction of sp³-hybridized carbons (Fsp3) is 0.667. The maximum Gasteiger partial charge on any atom is 0.00105 e. The summed E-state index contributed by atoms with van der Waals surface area (Å²) in [5.41, 5.74) is 1.48. The minimum atomic E-state index is 0.599. The molecular formula is C12H23N. The van der Waals surface area contributed by atoms with Gasteiger partial charge in [0.05, 0.1) is 0 Å². The molecule has 0 aliphatic heterocycles. The first kappa shape index (κ1) is 12.4. The van der Waals surface area contributed by atoms with E-state index in [9.17, 15) is 0 Å². The lowest BCUT2D eigenvalue weighted by atomic mass is 10.1. The zero-order valence-corrected chi connectivity index (χ0v) is 9.27. The lowest BCUT2D eigenvalue weighted by molar-refractivity contribution is 0.594. The number of nitrogens with one attached hydrogen (secondary N) is 1. The molecule has 0 saturated heterocycles. The molecule has 76 valence electrons. The van der Waals surface area contributed by atoms with Crippen LogP contribution in [-0.2, 0) is 0 Å². The Balaban J connectivity index is 3.41. The van der Waals surface area contributed by atoms with Gasteiger partial charge in [0.25, 0.3) is 0 Å². The average molecular weight is 181 g/mol. The van der Waals surface area contributed by atoms with Crippen molar-refractivity contribution in [2.45, 2.75) is 46.1 Å². The molecule has 0 aromatic carbocycles. The summed E-state index contributed by atoms with van der Waals surface area (Å²) >= 11 is 0. The predicted molar refractivity (Wildman–Crippen MR) is 60.9 cm³/mol. The molecule has 0 atom stereocenters. The second-order valence-corrected chi connectivity index (χ2v) is 3.78. The predicted octanol–water partition coefficient (Wildman–Crippen LogP) is 3.29. The van der Waals surface area contributed by atoms with Crippen molar-refractivity contribution < 1.29 is 0 Å². The van der Waals surface area contributed by atoms with Crippen molar-refractivity contribution >= 4 is 0 Å². The van der Waals surface area contributed by atoms with Crippen molar-refractivity contribution in [3.05, 3.63) is 24.3 Å². The highest BCUT2D eigenvalue weighted by Gasteiger charge is 1.90. The Kier molecular flexibility index (Phi) is 7.71. The van der Waals surface area contributed by atoms with Gasteiger partial charge in [-0.15, -0.1) is 6.58 Å². The molecule has 0 bridgehead atoms. The van der Waals surface area contributed by atoms with E-state index < -0.39 is 0 Å². The molecule has 0 radical (unpaired) electrons. The third kappa shape index (κ3) is 9.35. The average Bonchev–Trinajstić information content (AvgIpc) is 2.08. The Hall–Kier alpha value is -0.560. The molecule has 1 nitrogen and oxygen atoms in total. The van der Waals surface area contributed by atoms with Crippen molar-refractivity contribution in [2.24, 2.45) is 0 Å². The zero-order chi connectivity index (χ0) is 10.1. The maximum atomic E-state index is 3.71. The van der Waals surface area contributed by atoms with Crippen molar-refractivity contribution in [1.29, 1.82) is 0 Å². The zero-order valence-electron chi connectivity index (χ0n) is 9.27. The Morgan fingerprint density at radius 2 is 2.08 bits per heavy atom.